The second-order valence-electron chi connectivity index (χ2n) is 9.09. The van der Waals surface area contributed by atoms with Gasteiger partial charge in [-0.3, -0.25) is 0 Å². The molecule has 0 heterocycles. The minimum atomic E-state index is -5.19. The quantitative estimate of drug-likeness (QED) is 0.499. The van der Waals surface area contributed by atoms with E-state index in [0.29, 0.717) is 5.39 Å². The lowest BCUT2D eigenvalue weighted by atomic mass is 9.63. The first kappa shape index (κ1) is 24.4. The summed E-state index contributed by atoms with van der Waals surface area (Å²) < 4.78 is 91.0. The molecule has 1 aliphatic carbocycles. The summed E-state index contributed by atoms with van der Waals surface area (Å²) in [6, 6.07) is 10.9. The molecule has 4 rings (SSSR count). The van der Waals surface area contributed by atoms with Crippen molar-refractivity contribution in [2.75, 3.05) is 7.11 Å². The molecule has 0 aliphatic heterocycles. The molecular weight excluding hydrogens is 474 g/mol. The smallest absolute Gasteiger partial charge is 0.419 e. The molecule has 1 aliphatic rings. The third-order valence-corrected chi connectivity index (χ3v) is 7.74. The lowest BCUT2D eigenvalue weighted by Crippen LogP contribution is -2.60. The average Bonchev–Trinajstić information content (AvgIpc) is 2.75. The van der Waals surface area contributed by atoms with Crippen LogP contribution in [0, 0.1) is 5.82 Å². The number of benzene rings is 3. The Balaban J connectivity index is 1.91. The Labute approximate surface area is 194 Å². The van der Waals surface area contributed by atoms with Crippen LogP contribution in [0.15, 0.2) is 59.5 Å². The van der Waals surface area contributed by atoms with Gasteiger partial charge in [0.05, 0.1) is 18.0 Å². The fourth-order valence-corrected chi connectivity index (χ4v) is 6.11. The highest BCUT2D eigenvalue weighted by atomic mass is 32.2. The summed E-state index contributed by atoms with van der Waals surface area (Å²) >= 11 is 0. The predicted molar refractivity (Wildman–Crippen MR) is 119 cm³/mol. The summed E-state index contributed by atoms with van der Waals surface area (Å²) in [4.78, 5) is -0.267. The van der Waals surface area contributed by atoms with Gasteiger partial charge in [-0.2, -0.15) is 13.2 Å². The van der Waals surface area contributed by atoms with E-state index in [1.807, 2.05) is 0 Å². The van der Waals surface area contributed by atoms with E-state index in [-0.39, 0.29) is 21.8 Å². The molecule has 0 amide bonds. The Bertz CT molecular complexity index is 1370. The monoisotopic (exact) mass is 497 g/mol. The van der Waals surface area contributed by atoms with Crippen LogP contribution < -0.4 is 9.46 Å². The molecule has 2 atom stereocenters. The number of nitrogens with one attached hydrogen (secondary N) is 1. The molecule has 34 heavy (non-hydrogen) atoms. The summed E-state index contributed by atoms with van der Waals surface area (Å²) in [5, 5.41) is 12.3. The first-order valence-electron chi connectivity index (χ1n) is 10.4. The van der Waals surface area contributed by atoms with Crippen LogP contribution in [-0.2, 0) is 15.4 Å². The fraction of sp³-hybridized carbons (Fsp3) is 0.333. The highest BCUT2D eigenvalue weighted by Crippen LogP contribution is 2.56. The second kappa shape index (κ2) is 7.93. The van der Waals surface area contributed by atoms with Crippen LogP contribution in [0.2, 0.25) is 0 Å². The van der Waals surface area contributed by atoms with Gasteiger partial charge in [0, 0.05) is 5.56 Å². The minimum Gasteiger partial charge on any atom is -0.493 e. The Hall–Kier alpha value is -2.69. The van der Waals surface area contributed by atoms with Crippen molar-refractivity contribution >= 4 is 20.8 Å². The summed E-state index contributed by atoms with van der Waals surface area (Å²) in [6.07, 6.45) is -6.11. The number of alkyl halides is 3. The second-order valence-corrected chi connectivity index (χ2v) is 10.8. The van der Waals surface area contributed by atoms with Gasteiger partial charge in [0.15, 0.2) is 17.2 Å². The zero-order valence-corrected chi connectivity index (χ0v) is 19.4. The van der Waals surface area contributed by atoms with Crippen molar-refractivity contribution in [3.63, 3.8) is 0 Å². The molecule has 0 radical (unpaired) electrons. The summed E-state index contributed by atoms with van der Waals surface area (Å²) in [6.45, 7) is 2.83. The first-order chi connectivity index (χ1) is 15.7. The number of hydrogen-bond donors (Lipinski definition) is 2. The van der Waals surface area contributed by atoms with Crippen molar-refractivity contribution in [3.8, 4) is 5.75 Å². The van der Waals surface area contributed by atoms with Gasteiger partial charge in [0.2, 0.25) is 10.0 Å². The molecule has 3 aromatic rings. The molecule has 5 nitrogen and oxygen atoms in total. The number of hydrogen-bond acceptors (Lipinski definition) is 4. The summed E-state index contributed by atoms with van der Waals surface area (Å²) in [7, 11) is -3.36. The van der Waals surface area contributed by atoms with Gasteiger partial charge >= 0.3 is 6.18 Å². The molecule has 0 saturated carbocycles. The maximum atomic E-state index is 14.5. The largest absolute Gasteiger partial charge is 0.493 e. The number of sulfonamides is 1. The molecular formula is C24H23F4NO4S. The molecule has 182 valence electrons. The zero-order valence-electron chi connectivity index (χ0n) is 18.6. The number of rotatable bonds is 4. The topological polar surface area (TPSA) is 75.6 Å². The third kappa shape index (κ3) is 3.83. The fourth-order valence-electron chi connectivity index (χ4n) is 4.81. The number of fused-ring (bicyclic) bond motifs is 2. The molecule has 10 heteroatoms. The van der Waals surface area contributed by atoms with E-state index in [9.17, 15) is 31.1 Å². The lowest BCUT2D eigenvalue weighted by molar-refractivity contribution is -0.279. The van der Waals surface area contributed by atoms with Gasteiger partial charge in [-0.1, -0.05) is 50.2 Å². The van der Waals surface area contributed by atoms with Crippen LogP contribution in [0.5, 0.6) is 5.75 Å². The normalized spacial score (nSPS) is 22.4. The molecule has 0 unspecified atom stereocenters. The van der Waals surface area contributed by atoms with E-state index in [1.165, 1.54) is 39.2 Å². The van der Waals surface area contributed by atoms with Crippen molar-refractivity contribution in [2.45, 2.75) is 48.4 Å². The standard InChI is InChI=1S/C24H23F4NO4S/c1-22(2)13-23(30,24(26,27)28)21(17-10-11-18(25)20(33-3)19(17)22)29-34(31,32)16-9-8-14-6-4-5-7-15(14)12-16/h4-12,21,29-30H,13H2,1-3H3/t21-,23+/m1/s1. The van der Waals surface area contributed by atoms with Crippen molar-refractivity contribution in [1.29, 1.82) is 0 Å². The number of aliphatic hydroxyl groups is 1. The van der Waals surface area contributed by atoms with Crippen molar-refractivity contribution < 1.29 is 35.8 Å². The highest BCUT2D eigenvalue weighted by molar-refractivity contribution is 7.89. The van der Waals surface area contributed by atoms with E-state index in [1.54, 1.807) is 24.3 Å². The number of ether oxygens (including phenoxy) is 1. The first-order valence-corrected chi connectivity index (χ1v) is 11.9. The van der Waals surface area contributed by atoms with E-state index in [2.05, 4.69) is 4.72 Å². The van der Waals surface area contributed by atoms with Crippen LogP contribution in [0.25, 0.3) is 10.8 Å². The third-order valence-electron chi connectivity index (χ3n) is 6.32. The van der Waals surface area contributed by atoms with Crippen LogP contribution in [0.1, 0.15) is 37.4 Å². The molecule has 0 aromatic heterocycles. The van der Waals surface area contributed by atoms with Gasteiger partial charge in [0.25, 0.3) is 0 Å². The Morgan fingerprint density at radius 2 is 1.71 bits per heavy atom. The van der Waals surface area contributed by atoms with Gasteiger partial charge < -0.3 is 9.84 Å². The lowest BCUT2D eigenvalue weighted by Gasteiger charge is -2.48. The van der Waals surface area contributed by atoms with E-state index >= 15 is 0 Å². The molecule has 0 bridgehead atoms. The Kier molecular flexibility index (Phi) is 5.70. The number of methoxy groups -OCH3 is 1. The van der Waals surface area contributed by atoms with Crippen LogP contribution in [-0.4, -0.2) is 32.4 Å². The van der Waals surface area contributed by atoms with Gasteiger partial charge in [-0.15, -0.1) is 0 Å². The van der Waals surface area contributed by atoms with Crippen molar-refractivity contribution in [3.05, 3.63) is 71.5 Å². The maximum absolute atomic E-state index is 14.5. The number of halogens is 4. The molecule has 2 N–H and O–H groups in total. The minimum absolute atomic E-state index is 0.0649. The maximum Gasteiger partial charge on any atom is 0.419 e. The van der Waals surface area contributed by atoms with Gasteiger partial charge in [-0.05, 0) is 46.4 Å². The van der Waals surface area contributed by atoms with Crippen LogP contribution in [0.3, 0.4) is 0 Å². The van der Waals surface area contributed by atoms with E-state index in [4.69, 9.17) is 4.74 Å². The molecule has 3 aromatic carbocycles. The summed E-state index contributed by atoms with van der Waals surface area (Å²) in [5.74, 6) is -1.09. The van der Waals surface area contributed by atoms with Crippen LogP contribution >= 0.6 is 0 Å². The highest BCUT2D eigenvalue weighted by Gasteiger charge is 2.65. The zero-order chi connectivity index (χ0) is 25.1. The van der Waals surface area contributed by atoms with Gasteiger partial charge in [-0.25, -0.2) is 17.5 Å². The predicted octanol–water partition coefficient (Wildman–Crippen LogP) is 4.98. The van der Waals surface area contributed by atoms with Gasteiger partial charge in [0.1, 0.15) is 0 Å². The van der Waals surface area contributed by atoms with Crippen molar-refractivity contribution in [2.24, 2.45) is 0 Å². The average molecular weight is 498 g/mol. The Morgan fingerprint density at radius 3 is 2.32 bits per heavy atom. The van der Waals surface area contributed by atoms with E-state index < -0.39 is 45.5 Å². The van der Waals surface area contributed by atoms with E-state index in [0.717, 1.165) is 17.5 Å². The summed E-state index contributed by atoms with van der Waals surface area (Å²) in [5.41, 5.74) is -5.00. The van der Waals surface area contributed by atoms with Crippen molar-refractivity contribution in [1.82, 2.24) is 4.72 Å². The Morgan fingerprint density at radius 1 is 1.06 bits per heavy atom. The SMILES string of the molecule is COc1c(F)ccc2c1C(C)(C)C[C@@](O)(C(F)(F)F)[C@@H]2NS(=O)(=O)c1ccc2ccccc2c1. The molecule has 0 fully saturated rings. The molecule has 0 spiro atoms. The van der Waals surface area contributed by atoms with Crippen LogP contribution in [0.4, 0.5) is 17.6 Å². The molecule has 0 saturated heterocycles.